The number of thiophene rings is 1. The standard InChI is InChI=1S/C25H18NS.C14H16NSi.Ir/c1-16-13-23(26-15-17(16)2)22-10-6-9-21-20-12-11-19(14-24(20)27-25(21)22)18-7-4-3-5-8-18;1-16(2,3)13-9-10-14(15-11-13)12-7-5-4-6-8-12;/h3-9,11-15H,1-2H3;4-7,9-11H,1-3H3;/q2*-1;/i1D3,2D3,3D,4D,5D,7D,8D;;. The van der Waals surface area contributed by atoms with Gasteiger partial charge in [-0.25, -0.2) is 0 Å². The van der Waals surface area contributed by atoms with E-state index in [2.05, 4.69) is 53.9 Å². The summed E-state index contributed by atoms with van der Waals surface area (Å²) >= 11 is 1.36. The van der Waals surface area contributed by atoms with E-state index in [0.717, 1.165) is 37.6 Å². The summed E-state index contributed by atoms with van der Waals surface area (Å²) in [6, 6.07) is 26.8. The van der Waals surface area contributed by atoms with Crippen molar-refractivity contribution in [3.63, 3.8) is 0 Å². The molecule has 0 saturated heterocycles. The van der Waals surface area contributed by atoms with Crippen LogP contribution in [0.4, 0.5) is 0 Å². The topological polar surface area (TPSA) is 25.8 Å². The average Bonchev–Trinajstić information content (AvgIpc) is 3.51. The summed E-state index contributed by atoms with van der Waals surface area (Å²) in [4.78, 5) is 8.80. The largest absolute Gasteiger partial charge is 0.305 e. The van der Waals surface area contributed by atoms with Crippen LogP contribution in [0.5, 0.6) is 0 Å². The minimum atomic E-state index is -2.66. The van der Waals surface area contributed by atoms with E-state index < -0.39 is 39.9 Å². The van der Waals surface area contributed by atoms with Gasteiger partial charge in [0.1, 0.15) is 0 Å². The monoisotopic (exact) mass is 794 g/mol. The molecule has 0 amide bonds. The molecule has 0 aliphatic heterocycles. The van der Waals surface area contributed by atoms with Gasteiger partial charge < -0.3 is 9.97 Å². The molecule has 0 atom stereocenters. The van der Waals surface area contributed by atoms with Gasteiger partial charge in [0.05, 0.1) is 14.9 Å². The van der Waals surface area contributed by atoms with Gasteiger partial charge in [-0.15, -0.1) is 59.7 Å². The summed E-state index contributed by atoms with van der Waals surface area (Å²) in [7, 11) is -1.23. The Balaban J connectivity index is 0.000000286. The zero-order chi connectivity index (χ0) is 39.3. The van der Waals surface area contributed by atoms with Gasteiger partial charge >= 0.3 is 0 Å². The van der Waals surface area contributed by atoms with Crippen molar-refractivity contribution in [1.29, 1.82) is 0 Å². The van der Waals surface area contributed by atoms with Crippen LogP contribution in [0.2, 0.25) is 19.6 Å². The fourth-order valence-electron chi connectivity index (χ4n) is 4.62. The average molecular weight is 794 g/mol. The first-order chi connectivity index (χ1) is 25.3. The van der Waals surface area contributed by atoms with Crippen molar-refractivity contribution in [3.05, 3.63) is 139 Å². The molecule has 7 aromatic rings. The maximum atomic E-state index is 8.30. The summed E-state index contributed by atoms with van der Waals surface area (Å²) in [5.41, 5.74) is 2.79. The molecule has 3 heterocycles. The van der Waals surface area contributed by atoms with Crippen LogP contribution in [0.15, 0.2) is 115 Å². The molecule has 221 valence electrons. The van der Waals surface area contributed by atoms with Gasteiger partial charge in [-0.3, -0.25) is 0 Å². The molecule has 5 heteroatoms. The van der Waals surface area contributed by atoms with E-state index in [0.29, 0.717) is 11.1 Å². The number of hydrogen-bond donors (Lipinski definition) is 0. The van der Waals surface area contributed by atoms with Gasteiger partial charge in [0.15, 0.2) is 0 Å². The van der Waals surface area contributed by atoms with E-state index in [9.17, 15) is 0 Å². The quantitative estimate of drug-likeness (QED) is 0.131. The van der Waals surface area contributed by atoms with E-state index in [-0.39, 0.29) is 54.6 Å². The molecule has 3 aromatic heterocycles. The molecule has 0 fully saturated rings. The van der Waals surface area contributed by atoms with Gasteiger partial charge in [0.25, 0.3) is 0 Å². The molecule has 44 heavy (non-hydrogen) atoms. The smallest absolute Gasteiger partial charge is 0.0795 e. The zero-order valence-corrected chi connectivity index (χ0v) is 28.4. The van der Waals surface area contributed by atoms with Crippen LogP contribution in [0.1, 0.15) is 26.2 Å². The van der Waals surface area contributed by atoms with Crippen molar-refractivity contribution in [2.45, 2.75) is 33.3 Å². The summed E-state index contributed by atoms with van der Waals surface area (Å²) < 4.78 is 88.6. The van der Waals surface area contributed by atoms with Crippen molar-refractivity contribution in [1.82, 2.24) is 9.97 Å². The second-order valence-corrected chi connectivity index (χ2v) is 17.1. The van der Waals surface area contributed by atoms with Crippen molar-refractivity contribution in [2.24, 2.45) is 0 Å². The van der Waals surface area contributed by atoms with Crippen LogP contribution in [0.3, 0.4) is 0 Å². The predicted octanol–water partition coefficient (Wildman–Crippen LogP) is 10.3. The predicted molar refractivity (Wildman–Crippen MR) is 188 cm³/mol. The third-order valence-corrected chi connectivity index (χ3v) is 10.2. The van der Waals surface area contributed by atoms with Gasteiger partial charge in [0, 0.05) is 45.4 Å². The van der Waals surface area contributed by atoms with Crippen molar-refractivity contribution < 1.29 is 35.2 Å². The van der Waals surface area contributed by atoms with Gasteiger partial charge in [-0.05, 0) is 63.1 Å². The Bertz CT molecular complexity index is 2480. The van der Waals surface area contributed by atoms with Crippen LogP contribution in [0.25, 0.3) is 53.8 Å². The fraction of sp³-hybridized carbons (Fsp3) is 0.128. The zero-order valence-electron chi connectivity index (χ0n) is 35.2. The summed E-state index contributed by atoms with van der Waals surface area (Å²) in [6.45, 7) is 1.70. The molecule has 0 unspecified atom stereocenters. The Labute approximate surface area is 294 Å². The molecule has 4 aromatic carbocycles. The summed E-state index contributed by atoms with van der Waals surface area (Å²) in [5, 5.41) is 3.09. The Morgan fingerprint density at radius 3 is 2.27 bits per heavy atom. The maximum Gasteiger partial charge on any atom is 0.0795 e. The number of nitrogens with zero attached hydrogens (tertiary/aromatic N) is 2. The summed E-state index contributed by atoms with van der Waals surface area (Å²) in [6.07, 6.45) is 3.10. The SMILES string of the molecule is C[Si](C)(C)c1ccc(-c2[c-]cccc2)nc1.[2H]c1c([2H])c([2H])c(-c2ccc3c(c2)sc2c(-c4cc(C([2H])([2H])[2H])c(C([2H])([2H])[2H])cn4)[c-]ccc23)c([2H])c1[2H].[Ir]. The first kappa shape index (κ1) is 20.3. The van der Waals surface area contributed by atoms with Crippen LogP contribution >= 0.6 is 11.3 Å². The number of aromatic nitrogens is 2. The second-order valence-electron chi connectivity index (χ2n) is 11.0. The van der Waals surface area contributed by atoms with Crippen molar-refractivity contribution >= 4 is 44.8 Å². The summed E-state index contributed by atoms with van der Waals surface area (Å²) in [5.74, 6) is 0. The van der Waals surface area contributed by atoms with E-state index in [4.69, 9.17) is 15.1 Å². The van der Waals surface area contributed by atoms with Crippen molar-refractivity contribution in [3.8, 4) is 33.6 Å². The van der Waals surface area contributed by atoms with Gasteiger partial charge in [-0.2, -0.15) is 11.3 Å². The number of fused-ring (bicyclic) bond motifs is 3. The first-order valence-electron chi connectivity index (χ1n) is 19.2. The molecule has 0 N–H and O–H groups in total. The molecular formula is C39H34IrN2SSi-2. The Morgan fingerprint density at radius 1 is 0.750 bits per heavy atom. The van der Waals surface area contributed by atoms with E-state index in [1.807, 2.05) is 42.6 Å². The molecule has 0 bridgehead atoms. The normalized spacial score (nSPS) is 15.3. The van der Waals surface area contributed by atoms with Gasteiger partial charge in [-0.1, -0.05) is 91.1 Å². The Morgan fingerprint density at radius 2 is 1.57 bits per heavy atom. The third-order valence-electron chi connectivity index (χ3n) is 7.00. The van der Waals surface area contributed by atoms with Crippen molar-refractivity contribution in [2.75, 3.05) is 0 Å². The van der Waals surface area contributed by atoms with Crippen LogP contribution < -0.4 is 5.19 Å². The Kier molecular flexibility index (Phi) is 6.24. The third kappa shape index (κ3) is 6.82. The van der Waals surface area contributed by atoms with E-state index in [1.54, 1.807) is 18.2 Å². The number of benzene rings is 4. The molecule has 0 aliphatic rings. The number of rotatable bonds is 4. The minimum Gasteiger partial charge on any atom is -0.305 e. The Hall–Kier alpha value is -3.73. The molecule has 0 saturated carbocycles. The van der Waals surface area contributed by atoms with Crippen LogP contribution in [-0.4, -0.2) is 18.0 Å². The second kappa shape index (κ2) is 13.5. The molecule has 1 radical (unpaired) electrons. The first-order valence-corrected chi connectivity index (χ1v) is 18.0. The number of hydrogen-bond acceptors (Lipinski definition) is 3. The van der Waals surface area contributed by atoms with E-state index in [1.165, 1.54) is 22.6 Å². The minimum absolute atomic E-state index is 0. The fourth-order valence-corrected chi connectivity index (χ4v) is 6.91. The number of pyridine rings is 2. The van der Waals surface area contributed by atoms with Crippen LogP contribution in [0, 0.1) is 25.8 Å². The molecule has 0 spiro atoms. The van der Waals surface area contributed by atoms with Gasteiger partial charge in [0.2, 0.25) is 0 Å². The van der Waals surface area contributed by atoms with Crippen LogP contribution in [-0.2, 0) is 20.1 Å². The molecule has 2 nitrogen and oxygen atoms in total. The number of aryl methyl sites for hydroxylation is 2. The molecule has 7 rings (SSSR count). The molecular weight excluding hydrogens is 749 g/mol. The van der Waals surface area contributed by atoms with E-state index >= 15 is 0 Å². The maximum absolute atomic E-state index is 8.30. The molecule has 0 aliphatic carbocycles.